The van der Waals surface area contributed by atoms with Gasteiger partial charge in [-0.3, -0.25) is 9.59 Å². The van der Waals surface area contributed by atoms with E-state index in [1.165, 1.54) is 6.92 Å². The molecule has 1 rings (SSSR count). The Labute approximate surface area is 107 Å². The zero-order valence-corrected chi connectivity index (χ0v) is 10.8. The second kappa shape index (κ2) is 6.64. The highest BCUT2D eigenvalue weighted by Gasteiger charge is 2.15. The first-order chi connectivity index (χ1) is 8.54. The first-order valence-electron chi connectivity index (χ1n) is 5.84. The molecule has 0 aliphatic heterocycles. The molecule has 0 aliphatic carbocycles. The van der Waals surface area contributed by atoms with Crippen LogP contribution in [0.5, 0.6) is 5.75 Å². The van der Waals surface area contributed by atoms with Gasteiger partial charge in [0.25, 0.3) is 0 Å². The van der Waals surface area contributed by atoms with E-state index in [1.54, 1.807) is 25.1 Å². The van der Waals surface area contributed by atoms with E-state index in [2.05, 4.69) is 10.6 Å². The molecule has 2 amide bonds. The number of ether oxygens (including phenoxy) is 1. The van der Waals surface area contributed by atoms with E-state index >= 15 is 0 Å². The molecule has 98 valence electrons. The zero-order valence-electron chi connectivity index (χ0n) is 10.8. The van der Waals surface area contributed by atoms with Crippen molar-refractivity contribution in [1.82, 2.24) is 5.32 Å². The highest BCUT2D eigenvalue weighted by Crippen LogP contribution is 2.23. The van der Waals surface area contributed by atoms with Gasteiger partial charge in [0.1, 0.15) is 11.8 Å². The zero-order chi connectivity index (χ0) is 13.5. The number of benzene rings is 1. The van der Waals surface area contributed by atoms with E-state index in [4.69, 9.17) is 4.74 Å². The third-order valence-electron chi connectivity index (χ3n) is 2.26. The monoisotopic (exact) mass is 250 g/mol. The van der Waals surface area contributed by atoms with E-state index in [1.807, 2.05) is 13.0 Å². The molecule has 1 aromatic carbocycles. The maximum Gasteiger partial charge on any atom is 0.246 e. The molecule has 0 aliphatic rings. The van der Waals surface area contributed by atoms with E-state index in [0.717, 1.165) is 0 Å². The SMILES string of the molecule is CCOc1ccccc1NC(=O)[C@@H](C)NC(C)=O. The minimum absolute atomic E-state index is 0.240. The van der Waals surface area contributed by atoms with Crippen molar-refractivity contribution in [1.29, 1.82) is 0 Å². The molecule has 5 nitrogen and oxygen atoms in total. The Morgan fingerprint density at radius 2 is 2.00 bits per heavy atom. The second-order valence-electron chi connectivity index (χ2n) is 3.84. The van der Waals surface area contributed by atoms with Crippen molar-refractivity contribution < 1.29 is 14.3 Å². The Morgan fingerprint density at radius 3 is 2.61 bits per heavy atom. The Hall–Kier alpha value is -2.04. The van der Waals surface area contributed by atoms with Crippen LogP contribution >= 0.6 is 0 Å². The second-order valence-corrected chi connectivity index (χ2v) is 3.84. The summed E-state index contributed by atoms with van der Waals surface area (Å²) in [5.41, 5.74) is 0.599. The number of amides is 2. The quantitative estimate of drug-likeness (QED) is 0.833. The van der Waals surface area contributed by atoms with Crippen LogP contribution in [-0.4, -0.2) is 24.5 Å². The summed E-state index contributed by atoms with van der Waals surface area (Å²) in [4.78, 5) is 22.7. The predicted molar refractivity (Wildman–Crippen MR) is 69.5 cm³/mol. The lowest BCUT2D eigenvalue weighted by Gasteiger charge is -2.15. The maximum atomic E-state index is 11.8. The van der Waals surface area contributed by atoms with Gasteiger partial charge >= 0.3 is 0 Å². The number of anilines is 1. The molecular formula is C13H18N2O3. The van der Waals surface area contributed by atoms with Gasteiger partial charge in [0.05, 0.1) is 12.3 Å². The van der Waals surface area contributed by atoms with Crippen molar-refractivity contribution in [2.45, 2.75) is 26.8 Å². The first-order valence-corrected chi connectivity index (χ1v) is 5.84. The number of rotatable bonds is 5. The van der Waals surface area contributed by atoms with E-state index in [0.29, 0.717) is 18.0 Å². The lowest BCUT2D eigenvalue weighted by atomic mass is 10.2. The Bertz CT molecular complexity index is 432. The Kier molecular flexibility index (Phi) is 5.17. The molecule has 0 unspecified atom stereocenters. The van der Waals surface area contributed by atoms with Crippen molar-refractivity contribution in [3.63, 3.8) is 0 Å². The number of hydrogen-bond donors (Lipinski definition) is 2. The van der Waals surface area contributed by atoms with Gasteiger partial charge in [-0.2, -0.15) is 0 Å². The fourth-order valence-corrected chi connectivity index (χ4v) is 1.46. The Balaban J connectivity index is 2.72. The van der Waals surface area contributed by atoms with Gasteiger partial charge in [-0.15, -0.1) is 0 Å². The Morgan fingerprint density at radius 1 is 1.33 bits per heavy atom. The van der Waals surface area contributed by atoms with Crippen molar-refractivity contribution in [2.24, 2.45) is 0 Å². The first kappa shape index (κ1) is 14.0. The molecule has 0 saturated carbocycles. The summed E-state index contributed by atoms with van der Waals surface area (Å²) in [5.74, 6) is 0.0940. The third kappa shape index (κ3) is 4.08. The van der Waals surface area contributed by atoms with E-state index in [9.17, 15) is 9.59 Å². The van der Waals surface area contributed by atoms with Gasteiger partial charge < -0.3 is 15.4 Å². The van der Waals surface area contributed by atoms with Crippen LogP contribution in [0.15, 0.2) is 24.3 Å². The minimum atomic E-state index is -0.586. The standard InChI is InChI=1S/C13H18N2O3/c1-4-18-12-8-6-5-7-11(12)15-13(17)9(2)14-10(3)16/h5-9H,4H2,1-3H3,(H,14,16)(H,15,17)/t9-/m1/s1. The average Bonchev–Trinajstić information content (AvgIpc) is 2.31. The van der Waals surface area contributed by atoms with Crippen LogP contribution in [0.2, 0.25) is 0 Å². The van der Waals surface area contributed by atoms with E-state index < -0.39 is 6.04 Å². The summed E-state index contributed by atoms with van der Waals surface area (Å²) in [6.07, 6.45) is 0. The molecule has 0 bridgehead atoms. The topological polar surface area (TPSA) is 67.4 Å². The fourth-order valence-electron chi connectivity index (χ4n) is 1.46. The number of hydrogen-bond acceptors (Lipinski definition) is 3. The van der Waals surface area contributed by atoms with Crippen molar-refractivity contribution >= 4 is 17.5 Å². The van der Waals surface area contributed by atoms with Gasteiger partial charge in [-0.25, -0.2) is 0 Å². The molecule has 0 fully saturated rings. The molecule has 18 heavy (non-hydrogen) atoms. The lowest BCUT2D eigenvalue weighted by molar-refractivity contribution is -0.124. The predicted octanol–water partition coefficient (Wildman–Crippen LogP) is 1.55. The van der Waals surface area contributed by atoms with Gasteiger partial charge in [0, 0.05) is 6.92 Å². The van der Waals surface area contributed by atoms with Gasteiger partial charge in [0.15, 0.2) is 0 Å². The molecule has 0 spiro atoms. The largest absolute Gasteiger partial charge is 0.492 e. The molecule has 2 N–H and O–H groups in total. The van der Waals surface area contributed by atoms with Crippen molar-refractivity contribution in [3.05, 3.63) is 24.3 Å². The summed E-state index contributed by atoms with van der Waals surface area (Å²) in [7, 11) is 0. The van der Waals surface area contributed by atoms with Gasteiger partial charge in [0.2, 0.25) is 11.8 Å². The highest BCUT2D eigenvalue weighted by atomic mass is 16.5. The summed E-state index contributed by atoms with van der Waals surface area (Å²) < 4.78 is 5.40. The van der Waals surface area contributed by atoms with Crippen LogP contribution in [0, 0.1) is 0 Å². The van der Waals surface area contributed by atoms with Crippen molar-refractivity contribution in [3.8, 4) is 5.75 Å². The number of carbonyl (C=O) groups excluding carboxylic acids is 2. The lowest BCUT2D eigenvalue weighted by Crippen LogP contribution is -2.40. The van der Waals surface area contributed by atoms with Crippen LogP contribution in [-0.2, 0) is 9.59 Å². The summed E-state index contributed by atoms with van der Waals surface area (Å²) in [5, 5.41) is 5.24. The van der Waals surface area contributed by atoms with E-state index in [-0.39, 0.29) is 11.8 Å². The minimum Gasteiger partial charge on any atom is -0.492 e. The van der Waals surface area contributed by atoms with Gasteiger partial charge in [-0.1, -0.05) is 12.1 Å². The average molecular weight is 250 g/mol. The molecule has 1 atom stereocenters. The van der Waals surface area contributed by atoms with Gasteiger partial charge in [-0.05, 0) is 26.0 Å². The summed E-state index contributed by atoms with van der Waals surface area (Å²) in [6.45, 7) is 5.39. The third-order valence-corrected chi connectivity index (χ3v) is 2.26. The van der Waals surface area contributed by atoms with Crippen LogP contribution < -0.4 is 15.4 Å². The number of para-hydroxylation sites is 2. The van der Waals surface area contributed by atoms with Crippen LogP contribution in [0.3, 0.4) is 0 Å². The smallest absolute Gasteiger partial charge is 0.246 e. The molecular weight excluding hydrogens is 232 g/mol. The molecule has 1 aromatic rings. The van der Waals surface area contributed by atoms with Crippen LogP contribution in [0.1, 0.15) is 20.8 Å². The number of nitrogens with one attached hydrogen (secondary N) is 2. The molecule has 0 radical (unpaired) electrons. The normalized spacial score (nSPS) is 11.5. The molecule has 5 heteroatoms. The molecule has 0 heterocycles. The number of carbonyl (C=O) groups is 2. The van der Waals surface area contributed by atoms with Crippen LogP contribution in [0.25, 0.3) is 0 Å². The van der Waals surface area contributed by atoms with Crippen molar-refractivity contribution in [2.75, 3.05) is 11.9 Å². The molecule has 0 aromatic heterocycles. The van der Waals surface area contributed by atoms with Crippen LogP contribution in [0.4, 0.5) is 5.69 Å². The maximum absolute atomic E-state index is 11.8. The highest BCUT2D eigenvalue weighted by molar-refractivity contribution is 5.97. The summed E-state index contributed by atoms with van der Waals surface area (Å²) >= 11 is 0. The fraction of sp³-hybridized carbons (Fsp3) is 0.385. The summed E-state index contributed by atoms with van der Waals surface area (Å²) in [6, 6.07) is 6.59. The molecule has 0 saturated heterocycles.